The van der Waals surface area contributed by atoms with Gasteiger partial charge in [0.25, 0.3) is 0 Å². The number of hydrogen-bond donors (Lipinski definition) is 0. The molecule has 0 aliphatic carbocycles. The van der Waals surface area contributed by atoms with Crippen LogP contribution in [0.1, 0.15) is 12.5 Å². The highest BCUT2D eigenvalue weighted by molar-refractivity contribution is 7.92. The van der Waals surface area contributed by atoms with Crippen molar-refractivity contribution in [1.29, 1.82) is 0 Å². The highest BCUT2D eigenvalue weighted by atomic mass is 35.5. The van der Waals surface area contributed by atoms with Crippen molar-refractivity contribution in [2.24, 2.45) is 0 Å². The number of halogens is 4. The third kappa shape index (κ3) is 3.49. The van der Waals surface area contributed by atoms with E-state index < -0.39 is 46.8 Å². The summed E-state index contributed by atoms with van der Waals surface area (Å²) in [5.74, 6) is -0.120. The summed E-state index contributed by atoms with van der Waals surface area (Å²) >= 11 is 5.45. The maximum absolute atomic E-state index is 12.8. The summed E-state index contributed by atoms with van der Waals surface area (Å²) in [6.07, 6.45) is -4.79. The van der Waals surface area contributed by atoms with E-state index in [1.165, 1.54) is 6.92 Å². The number of sulfonamides is 1. The Kier molecular flexibility index (Phi) is 4.75. The molecular weight excluding hydrogens is 379 g/mol. The van der Waals surface area contributed by atoms with E-state index in [4.69, 9.17) is 11.6 Å². The summed E-state index contributed by atoms with van der Waals surface area (Å²) in [7, 11) is -7.58. The van der Waals surface area contributed by atoms with Crippen molar-refractivity contribution in [3.63, 3.8) is 0 Å². The van der Waals surface area contributed by atoms with Crippen LogP contribution >= 0.6 is 11.6 Å². The second-order valence-electron chi connectivity index (χ2n) is 5.03. The Bertz CT molecular complexity index is 815. The first-order valence-corrected chi connectivity index (χ1v) is 10.0. The van der Waals surface area contributed by atoms with Gasteiger partial charge in [0.15, 0.2) is 9.84 Å². The molecule has 0 saturated carbocycles. The molecule has 0 N–H and O–H groups in total. The predicted molar refractivity (Wildman–Crippen MR) is 78.5 cm³/mol. The molecule has 11 heteroatoms. The van der Waals surface area contributed by atoms with Gasteiger partial charge in [-0.3, -0.25) is 0 Å². The topological polar surface area (TPSA) is 71.5 Å². The summed E-state index contributed by atoms with van der Waals surface area (Å²) < 4.78 is 87.1. The largest absolute Gasteiger partial charge is 0.417 e. The van der Waals surface area contributed by atoms with Gasteiger partial charge in [0.05, 0.1) is 20.7 Å². The molecule has 1 aliphatic rings. The zero-order valence-corrected chi connectivity index (χ0v) is 14.2. The van der Waals surface area contributed by atoms with Gasteiger partial charge in [-0.15, -0.1) is 0 Å². The van der Waals surface area contributed by atoms with E-state index in [0.717, 1.165) is 16.4 Å². The molecular formula is C12H13ClF3NO4S2. The smallest absolute Gasteiger partial charge is 0.228 e. The maximum Gasteiger partial charge on any atom is 0.417 e. The van der Waals surface area contributed by atoms with E-state index in [0.29, 0.717) is 6.07 Å². The number of sulfone groups is 1. The molecule has 0 radical (unpaired) electrons. The quantitative estimate of drug-likeness (QED) is 0.788. The zero-order valence-electron chi connectivity index (χ0n) is 11.8. The van der Waals surface area contributed by atoms with Crippen LogP contribution in [0.3, 0.4) is 0 Å². The molecule has 0 bridgehead atoms. The minimum atomic E-state index is -4.79. The molecule has 1 heterocycles. The van der Waals surface area contributed by atoms with Crippen molar-refractivity contribution in [3.05, 3.63) is 28.8 Å². The Morgan fingerprint density at radius 2 is 1.78 bits per heavy atom. The first-order valence-electron chi connectivity index (χ1n) is 6.48. The van der Waals surface area contributed by atoms with Crippen molar-refractivity contribution < 1.29 is 30.0 Å². The third-order valence-electron chi connectivity index (χ3n) is 3.61. The lowest BCUT2D eigenvalue weighted by Crippen LogP contribution is -2.57. The summed E-state index contributed by atoms with van der Waals surface area (Å²) in [6, 6.07) is 2.28. The molecule has 1 aromatic carbocycles. The molecule has 0 atom stereocenters. The molecule has 1 aliphatic heterocycles. The number of benzene rings is 1. The van der Waals surface area contributed by atoms with Gasteiger partial charge in [-0.1, -0.05) is 18.5 Å². The maximum atomic E-state index is 12.8. The van der Waals surface area contributed by atoms with E-state index in [-0.39, 0.29) is 18.8 Å². The van der Waals surface area contributed by atoms with Crippen molar-refractivity contribution >= 4 is 31.5 Å². The van der Waals surface area contributed by atoms with Gasteiger partial charge in [0.2, 0.25) is 10.0 Å². The Hall–Kier alpha value is -0.840. The minimum absolute atomic E-state index is 0.120. The Labute approximate surface area is 137 Å². The summed E-state index contributed by atoms with van der Waals surface area (Å²) in [6.45, 7) is 0.923. The molecule has 2 rings (SSSR count). The predicted octanol–water partition coefficient (Wildman–Crippen LogP) is 2.17. The van der Waals surface area contributed by atoms with Gasteiger partial charge in [-0.25, -0.2) is 16.8 Å². The Morgan fingerprint density at radius 1 is 1.22 bits per heavy atom. The van der Waals surface area contributed by atoms with Crippen LogP contribution in [0.15, 0.2) is 23.1 Å². The molecule has 130 valence electrons. The highest BCUT2D eigenvalue weighted by Gasteiger charge is 2.43. The van der Waals surface area contributed by atoms with Crippen LogP contribution in [-0.2, 0) is 26.0 Å². The summed E-state index contributed by atoms with van der Waals surface area (Å²) in [4.78, 5) is -0.568. The van der Waals surface area contributed by atoms with E-state index in [9.17, 15) is 30.0 Å². The van der Waals surface area contributed by atoms with E-state index in [1.807, 2.05) is 0 Å². The highest BCUT2D eigenvalue weighted by Crippen LogP contribution is 2.37. The SMILES string of the molecule is CCS(=O)(=O)C1CN(S(=O)(=O)c2ccc(Cl)c(C(F)(F)F)c2)C1. The fraction of sp³-hybridized carbons (Fsp3) is 0.500. The first kappa shape index (κ1) is 18.5. The number of alkyl halides is 3. The molecule has 1 aromatic rings. The lowest BCUT2D eigenvalue weighted by Gasteiger charge is -2.37. The van der Waals surface area contributed by atoms with Gasteiger partial charge in [0, 0.05) is 18.8 Å². The fourth-order valence-corrected chi connectivity index (χ4v) is 5.35. The zero-order chi connectivity index (χ0) is 17.6. The van der Waals surface area contributed by atoms with Crippen molar-refractivity contribution in [2.45, 2.75) is 23.2 Å². The van der Waals surface area contributed by atoms with E-state index in [1.54, 1.807) is 0 Å². The molecule has 1 fully saturated rings. The van der Waals surface area contributed by atoms with Gasteiger partial charge >= 0.3 is 6.18 Å². The molecule has 1 saturated heterocycles. The van der Waals surface area contributed by atoms with Crippen LogP contribution < -0.4 is 0 Å². The number of rotatable bonds is 4. The van der Waals surface area contributed by atoms with Gasteiger partial charge < -0.3 is 0 Å². The monoisotopic (exact) mass is 391 g/mol. The van der Waals surface area contributed by atoms with Crippen molar-refractivity contribution in [2.75, 3.05) is 18.8 Å². The van der Waals surface area contributed by atoms with Crippen molar-refractivity contribution in [1.82, 2.24) is 4.31 Å². The summed E-state index contributed by atoms with van der Waals surface area (Å²) in [5.41, 5.74) is -1.25. The average molecular weight is 392 g/mol. The number of hydrogen-bond acceptors (Lipinski definition) is 4. The van der Waals surface area contributed by atoms with Crippen LogP contribution in [0, 0.1) is 0 Å². The van der Waals surface area contributed by atoms with Crippen LogP contribution in [0.2, 0.25) is 5.02 Å². The Morgan fingerprint density at radius 3 is 2.26 bits per heavy atom. The first-order chi connectivity index (χ1) is 10.4. The lowest BCUT2D eigenvalue weighted by molar-refractivity contribution is -0.137. The van der Waals surface area contributed by atoms with Gasteiger partial charge in [-0.2, -0.15) is 17.5 Å². The average Bonchev–Trinajstić information content (AvgIpc) is 2.35. The number of nitrogens with zero attached hydrogens (tertiary/aromatic N) is 1. The molecule has 5 nitrogen and oxygen atoms in total. The summed E-state index contributed by atoms with van der Waals surface area (Å²) in [5, 5.41) is -1.43. The second-order valence-corrected chi connectivity index (χ2v) is 9.95. The van der Waals surface area contributed by atoms with Crippen LogP contribution in [0.25, 0.3) is 0 Å². The van der Waals surface area contributed by atoms with Crippen molar-refractivity contribution in [3.8, 4) is 0 Å². The fourth-order valence-electron chi connectivity index (χ4n) is 2.09. The van der Waals surface area contributed by atoms with Gasteiger partial charge in [0.1, 0.15) is 0 Å². The Balaban J connectivity index is 2.29. The molecule has 0 amide bonds. The third-order valence-corrected chi connectivity index (χ3v) is 7.88. The van der Waals surface area contributed by atoms with Crippen LogP contribution in [0.4, 0.5) is 13.2 Å². The second kappa shape index (κ2) is 5.91. The van der Waals surface area contributed by atoms with Gasteiger partial charge in [-0.05, 0) is 18.2 Å². The molecule has 0 spiro atoms. The van der Waals surface area contributed by atoms with Crippen LogP contribution in [0.5, 0.6) is 0 Å². The standard InChI is InChI=1S/C12H13ClF3NO4S2/c1-2-22(18,19)9-6-17(7-9)23(20,21)8-3-4-11(13)10(5-8)12(14,15)16/h3-5,9H,2,6-7H2,1H3. The van der Waals surface area contributed by atoms with E-state index in [2.05, 4.69) is 0 Å². The van der Waals surface area contributed by atoms with E-state index >= 15 is 0 Å². The molecule has 0 aromatic heterocycles. The van der Waals surface area contributed by atoms with Crippen LogP contribution in [-0.4, -0.2) is 45.2 Å². The normalized spacial score (nSPS) is 18.0. The lowest BCUT2D eigenvalue weighted by atomic mass is 10.2. The molecule has 23 heavy (non-hydrogen) atoms. The minimum Gasteiger partial charge on any atom is -0.228 e. The molecule has 0 unspecified atom stereocenters.